The molecular weight excluding hydrogens is 687 g/mol. The number of aliphatic hydroxyl groups excluding tert-OH is 1. The average molecular weight is 720 g/mol. The summed E-state index contributed by atoms with van der Waals surface area (Å²) in [6.45, 7) is 0. The van der Waals surface area contributed by atoms with E-state index in [0.29, 0.717) is 40.2 Å². The highest BCUT2D eigenvalue weighted by Gasteiger charge is 2.31. The topological polar surface area (TPSA) is 153 Å². The van der Waals surface area contributed by atoms with Crippen molar-refractivity contribution in [1.29, 1.82) is 0 Å². The van der Waals surface area contributed by atoms with Crippen molar-refractivity contribution in [3.05, 3.63) is 130 Å². The molecule has 2 N–H and O–H groups in total. The van der Waals surface area contributed by atoms with Crippen LogP contribution >= 0.6 is 11.3 Å². The molecule has 2 aromatic heterocycles. The number of aryl methyl sites for hydroxylation is 2. The predicted molar refractivity (Wildman–Crippen MR) is 179 cm³/mol. The number of esters is 1. The Labute approximate surface area is 294 Å². The Morgan fingerprint density at radius 1 is 0.765 bits per heavy atom. The lowest BCUT2D eigenvalue weighted by Crippen LogP contribution is -2.28. The SMILES string of the molecule is O=C(Cc1cccc(OC(F)(F)F)c1)Cc1ccc(CCCCc2nnc(NC(=O)C(OC(=O)C(O)c3ccccc3)c3ccccc3)s2)nn1. The molecule has 0 aliphatic rings. The van der Waals surface area contributed by atoms with Crippen molar-refractivity contribution in [1.82, 2.24) is 20.4 Å². The van der Waals surface area contributed by atoms with Gasteiger partial charge in [0.1, 0.15) is 16.5 Å². The number of aromatic nitrogens is 4. The smallest absolute Gasteiger partial charge is 0.445 e. The first-order valence-corrected chi connectivity index (χ1v) is 16.6. The van der Waals surface area contributed by atoms with Gasteiger partial charge in [-0.1, -0.05) is 84.1 Å². The summed E-state index contributed by atoms with van der Waals surface area (Å²) in [6, 6.07) is 25.5. The Hall–Kier alpha value is -5.54. The largest absolute Gasteiger partial charge is 0.573 e. The van der Waals surface area contributed by atoms with Crippen LogP contribution in [0.4, 0.5) is 18.3 Å². The third-order valence-corrected chi connectivity index (χ3v) is 8.27. The zero-order valence-corrected chi connectivity index (χ0v) is 27.8. The number of hydrogen-bond donors (Lipinski definition) is 2. The first kappa shape index (κ1) is 36.7. The minimum atomic E-state index is -4.81. The first-order chi connectivity index (χ1) is 24.5. The molecular formula is C36H32F3N5O6S. The third kappa shape index (κ3) is 11.5. The van der Waals surface area contributed by atoms with E-state index in [1.165, 1.54) is 29.5 Å². The molecule has 0 bridgehead atoms. The lowest BCUT2D eigenvalue weighted by atomic mass is 10.1. The molecule has 264 valence electrons. The van der Waals surface area contributed by atoms with E-state index >= 15 is 0 Å². The summed E-state index contributed by atoms with van der Waals surface area (Å²) < 4.78 is 46.8. The van der Waals surface area contributed by atoms with Gasteiger partial charge in [-0.3, -0.25) is 14.9 Å². The van der Waals surface area contributed by atoms with Crippen LogP contribution in [0.15, 0.2) is 97.1 Å². The highest BCUT2D eigenvalue weighted by Crippen LogP contribution is 2.26. The fraction of sp³-hybridized carbons (Fsp3) is 0.250. The van der Waals surface area contributed by atoms with Crippen LogP contribution in [0.2, 0.25) is 0 Å². The Bertz CT molecular complexity index is 1910. The van der Waals surface area contributed by atoms with Crippen LogP contribution in [-0.4, -0.2) is 49.5 Å². The van der Waals surface area contributed by atoms with Crippen molar-refractivity contribution in [3.8, 4) is 5.75 Å². The fourth-order valence-electron chi connectivity index (χ4n) is 4.97. The van der Waals surface area contributed by atoms with E-state index < -0.39 is 30.4 Å². The standard InChI is InChI=1S/C36H32F3N5O6S/c37-36(38,39)50-29-16-9-10-23(21-29)20-28(45)22-27-19-18-26(41-42-27)15-7-8-17-30-43-44-35(51-30)40-33(47)32(25-13-5-2-6-14-25)49-34(48)31(46)24-11-3-1-4-12-24/h1-6,9-14,16,18-19,21,31-32,46H,7-8,15,17,20,22H2,(H,40,44,47). The van der Waals surface area contributed by atoms with E-state index in [1.807, 2.05) is 0 Å². The molecule has 5 rings (SSSR count). The van der Waals surface area contributed by atoms with Gasteiger partial charge >= 0.3 is 12.3 Å². The number of benzene rings is 3. The zero-order chi connectivity index (χ0) is 36.2. The molecule has 0 saturated heterocycles. The second-order valence-corrected chi connectivity index (χ2v) is 12.4. The Morgan fingerprint density at radius 3 is 2.12 bits per heavy atom. The number of halogens is 3. The number of hydrogen-bond acceptors (Lipinski definition) is 11. The molecule has 51 heavy (non-hydrogen) atoms. The number of nitrogens with one attached hydrogen (secondary N) is 1. The van der Waals surface area contributed by atoms with Crippen molar-refractivity contribution in [3.63, 3.8) is 0 Å². The summed E-state index contributed by atoms with van der Waals surface area (Å²) in [5.41, 5.74) is 2.33. The molecule has 0 aliphatic carbocycles. The van der Waals surface area contributed by atoms with Crippen LogP contribution in [0.5, 0.6) is 5.75 Å². The van der Waals surface area contributed by atoms with E-state index in [4.69, 9.17) is 4.74 Å². The molecule has 0 fully saturated rings. The Morgan fingerprint density at radius 2 is 1.43 bits per heavy atom. The van der Waals surface area contributed by atoms with Crippen LogP contribution in [0.25, 0.3) is 0 Å². The van der Waals surface area contributed by atoms with Crippen molar-refractivity contribution in [2.24, 2.45) is 0 Å². The summed E-state index contributed by atoms with van der Waals surface area (Å²) in [7, 11) is 0. The minimum Gasteiger partial charge on any atom is -0.445 e. The number of aliphatic hydroxyl groups is 1. The Balaban J connectivity index is 1.07. The molecule has 2 atom stereocenters. The van der Waals surface area contributed by atoms with Crippen molar-refractivity contribution >= 4 is 34.1 Å². The van der Waals surface area contributed by atoms with Gasteiger partial charge in [0.2, 0.25) is 11.2 Å². The Kier molecular flexibility index (Phi) is 12.5. The number of ether oxygens (including phenoxy) is 2. The van der Waals surface area contributed by atoms with E-state index in [1.54, 1.807) is 78.9 Å². The summed E-state index contributed by atoms with van der Waals surface area (Å²) in [5.74, 6) is -2.23. The second kappa shape index (κ2) is 17.4. The van der Waals surface area contributed by atoms with Gasteiger partial charge in [-0.15, -0.1) is 23.4 Å². The van der Waals surface area contributed by atoms with Crippen LogP contribution in [0, 0.1) is 0 Å². The molecule has 1 amide bonds. The molecule has 11 nitrogen and oxygen atoms in total. The van der Waals surface area contributed by atoms with E-state index in [-0.39, 0.29) is 29.5 Å². The maximum absolute atomic E-state index is 13.3. The van der Waals surface area contributed by atoms with Gasteiger partial charge in [-0.2, -0.15) is 10.2 Å². The van der Waals surface area contributed by atoms with Gasteiger partial charge in [0.05, 0.1) is 17.8 Å². The summed E-state index contributed by atoms with van der Waals surface area (Å²) in [4.78, 5) is 38.5. The number of nitrogens with zero attached hydrogens (tertiary/aromatic N) is 4. The molecule has 2 unspecified atom stereocenters. The van der Waals surface area contributed by atoms with Gasteiger partial charge in [0.25, 0.3) is 5.91 Å². The number of anilines is 1. The number of carbonyl (C=O) groups is 3. The number of rotatable bonds is 16. The van der Waals surface area contributed by atoms with E-state index in [2.05, 4.69) is 30.4 Å². The monoisotopic (exact) mass is 719 g/mol. The second-order valence-electron chi connectivity index (χ2n) is 11.3. The third-order valence-electron chi connectivity index (χ3n) is 7.37. The molecule has 0 spiro atoms. The molecule has 2 heterocycles. The molecule has 0 aliphatic heterocycles. The molecule has 15 heteroatoms. The van der Waals surface area contributed by atoms with Gasteiger partial charge in [0, 0.05) is 18.4 Å². The molecule has 0 radical (unpaired) electrons. The number of ketones is 1. The number of unbranched alkanes of at least 4 members (excludes halogenated alkanes) is 1. The highest BCUT2D eigenvalue weighted by molar-refractivity contribution is 7.15. The van der Waals surface area contributed by atoms with Crippen molar-refractivity contribution in [2.75, 3.05) is 5.32 Å². The molecule has 3 aromatic carbocycles. The first-order valence-electron chi connectivity index (χ1n) is 15.8. The summed E-state index contributed by atoms with van der Waals surface area (Å²) in [5, 5.41) is 30.6. The fourth-order valence-corrected chi connectivity index (χ4v) is 5.76. The number of amides is 1. The number of carbonyl (C=O) groups excluding carboxylic acids is 3. The van der Waals surface area contributed by atoms with Gasteiger partial charge in [0.15, 0.2) is 6.10 Å². The van der Waals surface area contributed by atoms with Crippen LogP contribution < -0.4 is 10.1 Å². The van der Waals surface area contributed by atoms with E-state index in [0.717, 1.165) is 18.5 Å². The maximum atomic E-state index is 13.3. The molecule has 0 saturated carbocycles. The number of alkyl halides is 3. The predicted octanol–water partition coefficient (Wildman–Crippen LogP) is 6.10. The molecule has 5 aromatic rings. The summed E-state index contributed by atoms with van der Waals surface area (Å²) >= 11 is 1.19. The average Bonchev–Trinajstić information content (AvgIpc) is 3.56. The van der Waals surface area contributed by atoms with Gasteiger partial charge in [-0.05, 0) is 54.7 Å². The normalized spacial score (nSPS) is 12.5. The van der Waals surface area contributed by atoms with Crippen LogP contribution in [-0.2, 0) is 44.8 Å². The highest BCUT2D eigenvalue weighted by atomic mass is 32.1. The zero-order valence-electron chi connectivity index (χ0n) is 27.0. The van der Waals surface area contributed by atoms with E-state index in [9.17, 15) is 32.7 Å². The van der Waals surface area contributed by atoms with Crippen molar-refractivity contribution in [2.45, 2.75) is 57.1 Å². The van der Waals surface area contributed by atoms with Crippen LogP contribution in [0.3, 0.4) is 0 Å². The van der Waals surface area contributed by atoms with Gasteiger partial charge in [-0.25, -0.2) is 4.79 Å². The van der Waals surface area contributed by atoms with Crippen molar-refractivity contribution < 1.29 is 42.1 Å². The number of Topliss-reactive ketones (excluding diaryl/α,β-unsaturated/α-hetero) is 1. The minimum absolute atomic E-state index is 0.0161. The summed E-state index contributed by atoms with van der Waals surface area (Å²) in [6.07, 6.45) is -5.12. The lowest BCUT2D eigenvalue weighted by Gasteiger charge is -2.19. The maximum Gasteiger partial charge on any atom is 0.573 e. The lowest BCUT2D eigenvalue weighted by molar-refractivity contribution is -0.274. The van der Waals surface area contributed by atoms with Gasteiger partial charge < -0.3 is 14.6 Å². The quantitative estimate of drug-likeness (QED) is 0.0903. The van der Waals surface area contributed by atoms with Crippen LogP contribution in [0.1, 0.15) is 58.1 Å².